The maximum atomic E-state index is 12.6. The maximum absolute atomic E-state index is 12.6. The average Bonchev–Trinajstić information content (AvgIpc) is 3.13. The van der Waals surface area contributed by atoms with Crippen molar-refractivity contribution >= 4 is 49.2 Å². The molecule has 26 heavy (non-hydrogen) atoms. The minimum absolute atomic E-state index is 0.0479. The summed E-state index contributed by atoms with van der Waals surface area (Å²) in [5.74, 6) is 0.875. The molecule has 3 aromatic rings. The first-order chi connectivity index (χ1) is 12.6. The number of halogens is 1. The van der Waals surface area contributed by atoms with Gasteiger partial charge in [0.15, 0.2) is 0 Å². The number of carbonyl (C=O) groups excluding carboxylic acids is 1. The van der Waals surface area contributed by atoms with E-state index < -0.39 is 0 Å². The summed E-state index contributed by atoms with van der Waals surface area (Å²) in [5, 5.41) is 3.07. The Morgan fingerprint density at radius 3 is 2.77 bits per heavy atom. The summed E-state index contributed by atoms with van der Waals surface area (Å²) in [7, 11) is 0. The van der Waals surface area contributed by atoms with Gasteiger partial charge in [0.1, 0.15) is 23.5 Å². The van der Waals surface area contributed by atoms with E-state index in [1.807, 2.05) is 11.4 Å². The summed E-state index contributed by atoms with van der Waals surface area (Å²) in [6, 6.07) is 5.16. The Hall–Kier alpha value is -2.26. The Labute approximate surface area is 162 Å². The third-order valence-corrected chi connectivity index (χ3v) is 5.72. The van der Waals surface area contributed by atoms with Crippen LogP contribution in [0.4, 0.5) is 5.82 Å². The number of thiophene rings is 1. The van der Waals surface area contributed by atoms with Gasteiger partial charge in [-0.3, -0.25) is 9.59 Å². The van der Waals surface area contributed by atoms with Crippen molar-refractivity contribution < 1.29 is 4.79 Å². The molecular weight excluding hydrogens is 418 g/mol. The summed E-state index contributed by atoms with van der Waals surface area (Å²) >= 11 is 4.93. The average molecular weight is 434 g/mol. The Morgan fingerprint density at radius 1 is 1.15 bits per heavy atom. The van der Waals surface area contributed by atoms with Gasteiger partial charge >= 0.3 is 0 Å². The number of fused-ring (bicyclic) bond motifs is 1. The minimum Gasteiger partial charge on any atom is -0.352 e. The van der Waals surface area contributed by atoms with Gasteiger partial charge in [-0.25, -0.2) is 9.97 Å². The van der Waals surface area contributed by atoms with Crippen molar-refractivity contribution in [3.8, 4) is 0 Å². The molecule has 0 saturated carbocycles. The number of hydrogen-bond acceptors (Lipinski definition) is 6. The van der Waals surface area contributed by atoms with Gasteiger partial charge in [-0.15, -0.1) is 11.3 Å². The number of pyridine rings is 1. The van der Waals surface area contributed by atoms with Gasteiger partial charge in [-0.2, -0.15) is 0 Å². The summed E-state index contributed by atoms with van der Waals surface area (Å²) in [5.41, 5.74) is -0.180. The van der Waals surface area contributed by atoms with Crippen molar-refractivity contribution in [1.29, 1.82) is 0 Å². The second kappa shape index (κ2) is 7.16. The number of piperazine rings is 1. The quantitative estimate of drug-likeness (QED) is 0.631. The number of rotatable bonds is 3. The number of hydrogen-bond donors (Lipinski definition) is 0. The molecule has 7 nitrogen and oxygen atoms in total. The van der Waals surface area contributed by atoms with Crippen LogP contribution in [-0.2, 0) is 11.3 Å². The molecule has 0 unspecified atom stereocenters. The Morgan fingerprint density at radius 2 is 1.96 bits per heavy atom. The highest BCUT2D eigenvalue weighted by Crippen LogP contribution is 2.27. The molecule has 0 aromatic carbocycles. The number of anilines is 1. The zero-order valence-corrected chi connectivity index (χ0v) is 16.2. The molecule has 1 saturated heterocycles. The molecular formula is C17H16BrN5O2S. The van der Waals surface area contributed by atoms with Crippen molar-refractivity contribution in [2.75, 3.05) is 31.1 Å². The Kier molecular flexibility index (Phi) is 4.73. The molecule has 3 aromatic heterocycles. The summed E-state index contributed by atoms with van der Waals surface area (Å²) in [6.45, 7) is 2.69. The molecule has 134 valence electrons. The second-order valence-corrected chi connectivity index (χ2v) is 7.83. The van der Waals surface area contributed by atoms with E-state index in [-0.39, 0.29) is 18.0 Å². The van der Waals surface area contributed by atoms with Crippen LogP contribution in [0.5, 0.6) is 0 Å². The molecule has 1 aliphatic heterocycles. The van der Waals surface area contributed by atoms with Crippen molar-refractivity contribution in [3.63, 3.8) is 0 Å². The fraction of sp³-hybridized carbons (Fsp3) is 0.294. The van der Waals surface area contributed by atoms with E-state index in [9.17, 15) is 9.59 Å². The molecule has 0 bridgehead atoms. The number of aromatic nitrogens is 3. The first-order valence-corrected chi connectivity index (χ1v) is 9.86. The SMILES string of the molecule is O=C(Cn1cc(Br)ccc1=O)N1CCN(c2ncnc3sccc23)CC1. The van der Waals surface area contributed by atoms with E-state index in [0.717, 1.165) is 20.5 Å². The molecule has 0 atom stereocenters. The lowest BCUT2D eigenvalue weighted by Crippen LogP contribution is -2.50. The lowest BCUT2D eigenvalue weighted by molar-refractivity contribution is -0.132. The van der Waals surface area contributed by atoms with E-state index in [0.29, 0.717) is 26.2 Å². The van der Waals surface area contributed by atoms with E-state index in [1.165, 1.54) is 10.6 Å². The van der Waals surface area contributed by atoms with E-state index in [4.69, 9.17) is 0 Å². The van der Waals surface area contributed by atoms with Gasteiger partial charge in [0.05, 0.1) is 5.39 Å². The summed E-state index contributed by atoms with van der Waals surface area (Å²) in [6.07, 6.45) is 3.23. The van der Waals surface area contributed by atoms with Crippen molar-refractivity contribution in [2.24, 2.45) is 0 Å². The predicted octanol–water partition coefficient (Wildman–Crippen LogP) is 1.96. The highest BCUT2D eigenvalue weighted by molar-refractivity contribution is 9.10. The highest BCUT2D eigenvalue weighted by atomic mass is 79.9. The summed E-state index contributed by atoms with van der Waals surface area (Å²) < 4.78 is 2.20. The molecule has 0 radical (unpaired) electrons. The first-order valence-electron chi connectivity index (χ1n) is 8.19. The second-order valence-electron chi connectivity index (χ2n) is 6.02. The predicted molar refractivity (Wildman–Crippen MR) is 105 cm³/mol. The standard InChI is InChI=1S/C17H16BrN5O2S/c18-12-1-2-14(24)23(9-12)10-15(25)21-4-6-22(7-5-21)16-13-3-8-26-17(13)20-11-19-16/h1-3,8-9,11H,4-7,10H2. The van der Waals surface area contributed by atoms with Crippen LogP contribution >= 0.6 is 27.3 Å². The number of carbonyl (C=O) groups is 1. The van der Waals surface area contributed by atoms with Crippen LogP contribution in [0.1, 0.15) is 0 Å². The molecule has 1 fully saturated rings. The molecule has 0 aliphatic carbocycles. The van der Waals surface area contributed by atoms with E-state index in [2.05, 4.69) is 30.8 Å². The third-order valence-electron chi connectivity index (χ3n) is 4.43. The maximum Gasteiger partial charge on any atom is 0.251 e. The smallest absolute Gasteiger partial charge is 0.251 e. The zero-order valence-electron chi connectivity index (χ0n) is 13.8. The molecule has 4 heterocycles. The lowest BCUT2D eigenvalue weighted by Gasteiger charge is -2.35. The molecule has 1 amide bonds. The molecule has 0 spiro atoms. The lowest BCUT2D eigenvalue weighted by atomic mass is 10.2. The fourth-order valence-electron chi connectivity index (χ4n) is 3.07. The van der Waals surface area contributed by atoms with Crippen LogP contribution in [-0.4, -0.2) is 51.5 Å². The van der Waals surface area contributed by atoms with Crippen LogP contribution in [0.3, 0.4) is 0 Å². The normalized spacial score (nSPS) is 14.8. The van der Waals surface area contributed by atoms with Crippen molar-refractivity contribution in [2.45, 2.75) is 6.54 Å². The van der Waals surface area contributed by atoms with E-state index >= 15 is 0 Å². The van der Waals surface area contributed by atoms with Gasteiger partial charge in [0.2, 0.25) is 5.91 Å². The zero-order chi connectivity index (χ0) is 18.1. The van der Waals surface area contributed by atoms with Crippen LogP contribution in [0, 0.1) is 0 Å². The molecule has 4 rings (SSSR count). The van der Waals surface area contributed by atoms with Gasteiger partial charge in [0.25, 0.3) is 5.56 Å². The number of nitrogens with zero attached hydrogens (tertiary/aromatic N) is 5. The molecule has 0 N–H and O–H groups in total. The Balaban J connectivity index is 1.43. The first kappa shape index (κ1) is 17.2. The minimum atomic E-state index is -0.180. The Bertz CT molecular complexity index is 1010. The van der Waals surface area contributed by atoms with Gasteiger partial charge < -0.3 is 14.4 Å². The fourth-order valence-corrected chi connectivity index (χ4v) is 4.17. The van der Waals surface area contributed by atoms with Crippen molar-refractivity contribution in [1.82, 2.24) is 19.4 Å². The van der Waals surface area contributed by atoms with E-state index in [1.54, 1.807) is 34.8 Å². The van der Waals surface area contributed by atoms with Gasteiger partial charge in [0, 0.05) is 42.9 Å². The van der Waals surface area contributed by atoms with Gasteiger partial charge in [-0.1, -0.05) is 0 Å². The summed E-state index contributed by atoms with van der Waals surface area (Å²) in [4.78, 5) is 38.1. The molecule has 1 aliphatic rings. The van der Waals surface area contributed by atoms with Crippen LogP contribution in [0.15, 0.2) is 45.4 Å². The largest absolute Gasteiger partial charge is 0.352 e. The van der Waals surface area contributed by atoms with Crippen LogP contribution < -0.4 is 10.5 Å². The van der Waals surface area contributed by atoms with Crippen LogP contribution in [0.25, 0.3) is 10.2 Å². The van der Waals surface area contributed by atoms with Crippen LogP contribution in [0.2, 0.25) is 0 Å². The topological polar surface area (TPSA) is 71.3 Å². The number of amides is 1. The monoisotopic (exact) mass is 433 g/mol. The van der Waals surface area contributed by atoms with Crippen molar-refractivity contribution in [3.05, 3.63) is 50.9 Å². The third kappa shape index (κ3) is 3.36. The highest BCUT2D eigenvalue weighted by Gasteiger charge is 2.23. The molecule has 9 heteroatoms. The van der Waals surface area contributed by atoms with Gasteiger partial charge in [-0.05, 0) is 33.4 Å².